The molecule has 0 spiro atoms. The molecule has 1 atom stereocenters. The minimum Gasteiger partial charge on any atom is -0.444 e. The number of piperidine rings is 1. The number of ether oxygens (including phenoxy) is 2. The summed E-state index contributed by atoms with van der Waals surface area (Å²) in [6.45, 7) is 14.1. The summed E-state index contributed by atoms with van der Waals surface area (Å²) in [6, 6.07) is 12.2. The first-order chi connectivity index (χ1) is 19.8. The Hall–Kier alpha value is -3.72. The molecule has 0 N–H and O–H groups in total. The molecule has 2 fully saturated rings. The molecule has 2 aliphatic heterocycles. The number of hydrogen-bond acceptors (Lipinski definition) is 6. The van der Waals surface area contributed by atoms with E-state index in [9.17, 15) is 9.59 Å². The minimum atomic E-state index is -0.644. The van der Waals surface area contributed by atoms with Gasteiger partial charge in [0.2, 0.25) is 0 Å². The lowest BCUT2D eigenvalue weighted by Gasteiger charge is -2.40. The second-order valence-electron chi connectivity index (χ2n) is 12.9. The van der Waals surface area contributed by atoms with Crippen molar-refractivity contribution in [3.05, 3.63) is 65.6 Å². The smallest absolute Gasteiger partial charge is 0.410 e. The van der Waals surface area contributed by atoms with E-state index in [1.54, 1.807) is 28.1 Å². The van der Waals surface area contributed by atoms with Crippen molar-refractivity contribution in [2.45, 2.75) is 71.6 Å². The number of carbonyl (C=O) groups is 2. The molecule has 42 heavy (non-hydrogen) atoms. The van der Waals surface area contributed by atoms with E-state index < -0.39 is 29.5 Å². The summed E-state index contributed by atoms with van der Waals surface area (Å²) >= 11 is 0. The van der Waals surface area contributed by atoms with Gasteiger partial charge in [-0.25, -0.2) is 14.2 Å². The first kappa shape index (κ1) is 29.8. The van der Waals surface area contributed by atoms with Crippen LogP contribution in [0.1, 0.15) is 63.4 Å². The van der Waals surface area contributed by atoms with Crippen molar-refractivity contribution in [2.75, 3.05) is 42.6 Å². The fourth-order valence-corrected chi connectivity index (χ4v) is 5.90. The molecule has 224 valence electrons. The van der Waals surface area contributed by atoms with Crippen molar-refractivity contribution in [3.8, 4) is 0 Å². The number of halogens is 1. The van der Waals surface area contributed by atoms with E-state index >= 15 is 4.39 Å². The standard InChI is InChI=1S/C33H41FN4O4/c1-22-9-7-10-23-14-15-35-29(28(22)23)38(25-11-8-16-36(20-25)31(40)42-32(2,3)4)30(39)26-13-12-24(19-27(26)34)37-17-18-41-33(5,6)21-37/h7,9-10,12-15,19,25H,8,11,16-18,20-21H2,1-6H3/t25-/m1/s1. The van der Waals surface area contributed by atoms with Crippen LogP contribution in [0, 0.1) is 12.7 Å². The normalized spacial score (nSPS) is 19.1. The predicted molar refractivity (Wildman–Crippen MR) is 163 cm³/mol. The summed E-state index contributed by atoms with van der Waals surface area (Å²) in [4.78, 5) is 37.4. The molecule has 2 aliphatic rings. The molecule has 5 rings (SSSR count). The Morgan fingerprint density at radius 2 is 1.93 bits per heavy atom. The van der Waals surface area contributed by atoms with Gasteiger partial charge in [0, 0.05) is 43.4 Å². The zero-order chi connectivity index (χ0) is 30.2. The van der Waals surface area contributed by atoms with E-state index in [0.29, 0.717) is 50.6 Å². The SMILES string of the molecule is Cc1cccc2ccnc(N(C(=O)c3ccc(N4CCOC(C)(C)C4)cc3F)[C@@H]3CCCN(C(=O)OC(C)(C)C)C3)c12. The maximum atomic E-state index is 15.9. The Kier molecular flexibility index (Phi) is 8.16. The number of rotatable bonds is 4. The van der Waals surface area contributed by atoms with Crippen LogP contribution in [0.15, 0.2) is 48.7 Å². The summed E-state index contributed by atoms with van der Waals surface area (Å²) in [7, 11) is 0. The largest absolute Gasteiger partial charge is 0.444 e. The van der Waals surface area contributed by atoms with Gasteiger partial charge >= 0.3 is 6.09 Å². The van der Waals surface area contributed by atoms with Gasteiger partial charge in [0.25, 0.3) is 5.91 Å². The molecule has 2 aromatic carbocycles. The molecule has 9 heteroatoms. The zero-order valence-corrected chi connectivity index (χ0v) is 25.4. The molecule has 0 bridgehead atoms. The van der Waals surface area contributed by atoms with Crippen LogP contribution in [-0.4, -0.2) is 71.9 Å². The number of hydrogen-bond donors (Lipinski definition) is 0. The van der Waals surface area contributed by atoms with Crippen LogP contribution in [0.25, 0.3) is 10.8 Å². The number of aromatic nitrogens is 1. The van der Waals surface area contributed by atoms with Crippen LogP contribution < -0.4 is 9.80 Å². The fraction of sp³-hybridized carbons (Fsp3) is 0.485. The van der Waals surface area contributed by atoms with E-state index in [4.69, 9.17) is 9.47 Å². The number of pyridine rings is 1. The Balaban J connectivity index is 1.53. The van der Waals surface area contributed by atoms with E-state index in [0.717, 1.165) is 16.3 Å². The lowest BCUT2D eigenvalue weighted by molar-refractivity contribution is -0.0277. The maximum Gasteiger partial charge on any atom is 0.410 e. The fourth-order valence-electron chi connectivity index (χ4n) is 5.90. The second-order valence-corrected chi connectivity index (χ2v) is 12.9. The summed E-state index contributed by atoms with van der Waals surface area (Å²) in [5, 5.41) is 1.76. The van der Waals surface area contributed by atoms with Crippen molar-refractivity contribution in [3.63, 3.8) is 0 Å². The van der Waals surface area contributed by atoms with Crippen LogP contribution in [0.3, 0.4) is 0 Å². The summed E-state index contributed by atoms with van der Waals surface area (Å²) < 4.78 is 27.3. The lowest BCUT2D eigenvalue weighted by Crippen LogP contribution is -2.53. The molecule has 2 amide bonds. The van der Waals surface area contributed by atoms with Crippen LogP contribution in [0.2, 0.25) is 0 Å². The summed E-state index contributed by atoms with van der Waals surface area (Å²) in [5.41, 5.74) is 0.639. The first-order valence-electron chi connectivity index (χ1n) is 14.7. The highest BCUT2D eigenvalue weighted by atomic mass is 19.1. The molecule has 0 saturated carbocycles. The Morgan fingerprint density at radius 1 is 1.14 bits per heavy atom. The molecule has 0 aliphatic carbocycles. The lowest BCUT2D eigenvalue weighted by atomic mass is 10.00. The number of likely N-dealkylation sites (tertiary alicyclic amines) is 1. The molecule has 1 aromatic heterocycles. The van der Waals surface area contributed by atoms with Gasteiger partial charge in [0.15, 0.2) is 0 Å². The van der Waals surface area contributed by atoms with E-state index in [2.05, 4.69) is 9.88 Å². The van der Waals surface area contributed by atoms with Gasteiger partial charge in [-0.05, 0) is 89.6 Å². The molecule has 8 nitrogen and oxygen atoms in total. The molecular weight excluding hydrogens is 535 g/mol. The Labute approximate surface area is 247 Å². The average Bonchev–Trinajstić information content (AvgIpc) is 2.92. The third-order valence-corrected chi connectivity index (χ3v) is 7.81. The Morgan fingerprint density at radius 3 is 2.64 bits per heavy atom. The van der Waals surface area contributed by atoms with Crippen molar-refractivity contribution in [1.82, 2.24) is 9.88 Å². The molecule has 3 aromatic rings. The zero-order valence-electron chi connectivity index (χ0n) is 25.4. The first-order valence-corrected chi connectivity index (χ1v) is 14.7. The number of morpholine rings is 1. The van der Waals surface area contributed by atoms with Gasteiger partial charge in [-0.15, -0.1) is 0 Å². The average molecular weight is 577 g/mol. The topological polar surface area (TPSA) is 75.2 Å². The molecule has 2 saturated heterocycles. The highest BCUT2D eigenvalue weighted by molar-refractivity contribution is 6.11. The Bertz CT molecular complexity index is 1480. The molecule has 0 radical (unpaired) electrons. The number of aryl methyl sites for hydroxylation is 1. The van der Waals surface area contributed by atoms with Crippen LogP contribution in [0.4, 0.5) is 20.7 Å². The van der Waals surface area contributed by atoms with Gasteiger partial charge in [-0.1, -0.05) is 18.2 Å². The van der Waals surface area contributed by atoms with Gasteiger partial charge in [-0.3, -0.25) is 9.69 Å². The van der Waals surface area contributed by atoms with Gasteiger partial charge in [-0.2, -0.15) is 0 Å². The maximum absolute atomic E-state index is 15.9. The van der Waals surface area contributed by atoms with Crippen molar-refractivity contribution >= 4 is 34.3 Å². The van der Waals surface area contributed by atoms with Gasteiger partial charge in [0.1, 0.15) is 17.2 Å². The van der Waals surface area contributed by atoms with E-state index in [1.807, 2.05) is 65.8 Å². The quantitative estimate of drug-likeness (QED) is 0.361. The summed E-state index contributed by atoms with van der Waals surface area (Å²) in [6.07, 6.45) is 2.56. The predicted octanol–water partition coefficient (Wildman–Crippen LogP) is 6.34. The molecule has 3 heterocycles. The number of fused-ring (bicyclic) bond motifs is 1. The molecule has 0 unspecified atom stereocenters. The highest BCUT2D eigenvalue weighted by Crippen LogP contribution is 2.34. The van der Waals surface area contributed by atoms with Crippen LogP contribution >= 0.6 is 0 Å². The summed E-state index contributed by atoms with van der Waals surface area (Å²) in [5.74, 6) is -0.616. The van der Waals surface area contributed by atoms with Crippen LogP contribution in [-0.2, 0) is 9.47 Å². The molecular formula is C33H41FN4O4. The number of benzene rings is 2. The highest BCUT2D eigenvalue weighted by Gasteiger charge is 2.36. The van der Waals surface area contributed by atoms with Gasteiger partial charge in [0.05, 0.1) is 23.8 Å². The van der Waals surface area contributed by atoms with Crippen LogP contribution in [0.5, 0.6) is 0 Å². The van der Waals surface area contributed by atoms with Crippen molar-refractivity contribution in [1.29, 1.82) is 0 Å². The van der Waals surface area contributed by atoms with E-state index in [-0.39, 0.29) is 17.7 Å². The number of carbonyl (C=O) groups excluding carboxylic acids is 2. The van der Waals surface area contributed by atoms with Crippen molar-refractivity contribution in [2.24, 2.45) is 0 Å². The minimum absolute atomic E-state index is 0.0342. The number of amides is 2. The van der Waals surface area contributed by atoms with E-state index in [1.165, 1.54) is 6.07 Å². The third-order valence-electron chi connectivity index (χ3n) is 7.81. The monoisotopic (exact) mass is 576 g/mol. The second kappa shape index (κ2) is 11.5. The van der Waals surface area contributed by atoms with Crippen molar-refractivity contribution < 1.29 is 23.5 Å². The van der Waals surface area contributed by atoms with Gasteiger partial charge < -0.3 is 19.3 Å². The number of anilines is 2. The number of nitrogens with zero attached hydrogens (tertiary/aromatic N) is 4. The third kappa shape index (κ3) is 6.36.